The molecule has 0 bridgehead atoms. The first kappa shape index (κ1) is 26.4. The third kappa shape index (κ3) is 5.07. The third-order valence-electron chi connectivity index (χ3n) is 5.54. The minimum Gasteiger partial charge on any atom is -0.493 e. The Hall–Kier alpha value is -2.69. The zero-order chi connectivity index (χ0) is 26.0. The van der Waals surface area contributed by atoms with E-state index in [9.17, 15) is 9.59 Å². The highest BCUT2D eigenvalue weighted by molar-refractivity contribution is 9.10. The zero-order valence-electron chi connectivity index (χ0n) is 20.1. The molecule has 0 radical (unpaired) electrons. The van der Waals surface area contributed by atoms with Crippen LogP contribution in [0, 0.1) is 0 Å². The van der Waals surface area contributed by atoms with Crippen LogP contribution in [0.5, 0.6) is 11.5 Å². The van der Waals surface area contributed by atoms with Gasteiger partial charge in [0.1, 0.15) is 0 Å². The summed E-state index contributed by atoms with van der Waals surface area (Å²) in [6.45, 7) is 6.13. The fourth-order valence-electron chi connectivity index (χ4n) is 4.01. The van der Waals surface area contributed by atoms with E-state index in [4.69, 9.17) is 14.2 Å². The van der Waals surface area contributed by atoms with Crippen LogP contribution < -0.4 is 24.4 Å². The molecule has 1 aliphatic rings. The van der Waals surface area contributed by atoms with E-state index in [1.165, 1.54) is 11.3 Å². The number of ether oxygens (including phenoxy) is 3. The SMILES string of the molecule is CCOC(=O)C1=C(C)N=c2s/c(=C\c3cc(Br)c(OCC)c(OC)c3)c(=O)n2[C@H]1c1ccc(Br)cc1. The topological polar surface area (TPSA) is 79.1 Å². The average Bonchev–Trinajstić information content (AvgIpc) is 3.14. The number of carbonyl (C=O) groups is 1. The molecule has 0 fully saturated rings. The molecule has 7 nitrogen and oxygen atoms in total. The summed E-state index contributed by atoms with van der Waals surface area (Å²) in [5.74, 6) is 0.670. The first-order valence-corrected chi connectivity index (χ1v) is 13.6. The summed E-state index contributed by atoms with van der Waals surface area (Å²) in [7, 11) is 1.57. The van der Waals surface area contributed by atoms with Gasteiger partial charge in [0.05, 0.1) is 46.6 Å². The Balaban J connectivity index is 1.92. The summed E-state index contributed by atoms with van der Waals surface area (Å²) < 4.78 is 20.2. The standard InChI is InChI=1S/C26H24Br2N2O5S/c1-5-34-23-18(28)11-15(12-19(23)33-4)13-20-24(31)30-22(16-7-9-17(27)10-8-16)21(25(32)35-6-2)14(3)29-26(30)36-20/h7-13,22H,5-6H2,1-4H3/b20-13-/t22-/m0/s1. The maximum Gasteiger partial charge on any atom is 0.338 e. The number of fused-ring (bicyclic) bond motifs is 1. The number of nitrogens with zero attached hydrogens (tertiary/aromatic N) is 2. The average molecular weight is 636 g/mol. The summed E-state index contributed by atoms with van der Waals surface area (Å²) in [6.07, 6.45) is 1.79. The summed E-state index contributed by atoms with van der Waals surface area (Å²) >= 11 is 8.26. The summed E-state index contributed by atoms with van der Waals surface area (Å²) in [5, 5.41) is 0. The van der Waals surface area contributed by atoms with Crippen LogP contribution in [0.3, 0.4) is 0 Å². The van der Waals surface area contributed by atoms with Gasteiger partial charge in [-0.1, -0.05) is 39.4 Å². The molecular weight excluding hydrogens is 612 g/mol. The number of hydrogen-bond acceptors (Lipinski definition) is 7. The number of thiazole rings is 1. The van der Waals surface area contributed by atoms with E-state index in [0.717, 1.165) is 20.1 Å². The highest BCUT2D eigenvalue weighted by Gasteiger charge is 2.33. The van der Waals surface area contributed by atoms with Gasteiger partial charge in [-0.05, 0) is 78.2 Å². The van der Waals surface area contributed by atoms with Gasteiger partial charge >= 0.3 is 5.97 Å². The van der Waals surface area contributed by atoms with Crippen molar-refractivity contribution in [1.82, 2.24) is 4.57 Å². The number of allylic oxidation sites excluding steroid dienone is 1. The molecule has 0 aliphatic carbocycles. The number of hydrogen-bond donors (Lipinski definition) is 0. The molecule has 0 saturated heterocycles. The monoisotopic (exact) mass is 634 g/mol. The van der Waals surface area contributed by atoms with Crippen LogP contribution in [0.25, 0.3) is 6.08 Å². The highest BCUT2D eigenvalue weighted by atomic mass is 79.9. The van der Waals surface area contributed by atoms with Crippen molar-refractivity contribution < 1.29 is 19.0 Å². The lowest BCUT2D eigenvalue weighted by molar-refractivity contribution is -0.139. The van der Waals surface area contributed by atoms with Crippen molar-refractivity contribution in [1.29, 1.82) is 0 Å². The van der Waals surface area contributed by atoms with Crippen molar-refractivity contribution in [2.24, 2.45) is 4.99 Å². The fourth-order valence-corrected chi connectivity index (χ4v) is 5.90. The first-order valence-electron chi connectivity index (χ1n) is 11.2. The number of rotatable bonds is 7. The Morgan fingerprint density at radius 3 is 2.53 bits per heavy atom. The van der Waals surface area contributed by atoms with E-state index in [0.29, 0.717) is 38.7 Å². The van der Waals surface area contributed by atoms with E-state index < -0.39 is 12.0 Å². The Bertz CT molecular complexity index is 1520. The van der Waals surface area contributed by atoms with E-state index in [1.807, 2.05) is 43.3 Å². The van der Waals surface area contributed by atoms with E-state index in [2.05, 4.69) is 36.9 Å². The Morgan fingerprint density at radius 2 is 1.89 bits per heavy atom. The Morgan fingerprint density at radius 1 is 1.17 bits per heavy atom. The predicted octanol–water partition coefficient (Wildman–Crippen LogP) is 4.73. The maximum atomic E-state index is 13.7. The molecule has 2 heterocycles. The van der Waals surface area contributed by atoms with Gasteiger partial charge < -0.3 is 14.2 Å². The Labute approximate surface area is 229 Å². The molecule has 188 valence electrons. The summed E-state index contributed by atoms with van der Waals surface area (Å²) in [4.78, 5) is 31.8. The van der Waals surface area contributed by atoms with Crippen molar-refractivity contribution >= 4 is 55.2 Å². The molecule has 1 aromatic heterocycles. The largest absolute Gasteiger partial charge is 0.493 e. The number of benzene rings is 2. The lowest BCUT2D eigenvalue weighted by atomic mass is 9.96. The second-order valence-corrected chi connectivity index (χ2v) is 10.6. The van der Waals surface area contributed by atoms with Gasteiger partial charge in [-0.15, -0.1) is 0 Å². The normalized spacial score (nSPS) is 15.4. The van der Waals surface area contributed by atoms with Gasteiger partial charge in [-0.25, -0.2) is 9.79 Å². The van der Waals surface area contributed by atoms with E-state index >= 15 is 0 Å². The molecule has 0 unspecified atom stereocenters. The number of esters is 1. The summed E-state index contributed by atoms with van der Waals surface area (Å²) in [5.41, 5.74) is 2.18. The minimum atomic E-state index is -0.655. The quantitative estimate of drug-likeness (QED) is 0.351. The molecule has 1 atom stereocenters. The number of methoxy groups -OCH3 is 1. The van der Waals surface area contributed by atoms with Crippen LogP contribution in [0.4, 0.5) is 0 Å². The van der Waals surface area contributed by atoms with Crippen LogP contribution in [-0.4, -0.2) is 30.9 Å². The molecule has 1 aliphatic heterocycles. The molecule has 3 aromatic rings. The molecule has 0 spiro atoms. The van der Waals surface area contributed by atoms with Crippen molar-refractivity contribution in [2.75, 3.05) is 20.3 Å². The predicted molar refractivity (Wildman–Crippen MR) is 146 cm³/mol. The second kappa shape index (κ2) is 11.1. The first-order chi connectivity index (χ1) is 17.3. The third-order valence-corrected chi connectivity index (χ3v) is 7.64. The molecule has 36 heavy (non-hydrogen) atoms. The number of carbonyl (C=O) groups excluding carboxylic acids is 1. The van der Waals surface area contributed by atoms with Gasteiger partial charge in [0.25, 0.3) is 5.56 Å². The fraction of sp³-hybridized carbons (Fsp3) is 0.269. The van der Waals surface area contributed by atoms with Gasteiger partial charge in [0.2, 0.25) is 0 Å². The lowest BCUT2D eigenvalue weighted by Gasteiger charge is -2.24. The Kier molecular flexibility index (Phi) is 8.17. The van der Waals surface area contributed by atoms with Crippen molar-refractivity contribution in [2.45, 2.75) is 26.8 Å². The molecule has 0 N–H and O–H groups in total. The lowest BCUT2D eigenvalue weighted by Crippen LogP contribution is -2.39. The smallest absolute Gasteiger partial charge is 0.338 e. The van der Waals surface area contributed by atoms with Gasteiger partial charge in [0, 0.05) is 4.47 Å². The minimum absolute atomic E-state index is 0.224. The molecule has 0 saturated carbocycles. The highest BCUT2D eigenvalue weighted by Crippen LogP contribution is 2.37. The second-order valence-electron chi connectivity index (χ2n) is 7.82. The molecular formula is C26H24Br2N2O5S. The maximum absolute atomic E-state index is 13.7. The van der Waals surface area contributed by atoms with Crippen molar-refractivity contribution in [3.05, 3.63) is 87.4 Å². The van der Waals surface area contributed by atoms with E-state index in [1.54, 1.807) is 31.6 Å². The van der Waals surface area contributed by atoms with Crippen molar-refractivity contribution in [3.8, 4) is 11.5 Å². The number of halogens is 2. The number of aromatic nitrogens is 1. The van der Waals surface area contributed by atoms with Gasteiger partial charge in [-0.3, -0.25) is 9.36 Å². The van der Waals surface area contributed by atoms with Gasteiger partial charge in [0.15, 0.2) is 16.3 Å². The van der Waals surface area contributed by atoms with Crippen LogP contribution in [0.15, 0.2) is 66.4 Å². The zero-order valence-corrected chi connectivity index (χ0v) is 24.1. The van der Waals surface area contributed by atoms with Gasteiger partial charge in [-0.2, -0.15) is 0 Å². The van der Waals surface area contributed by atoms with Crippen LogP contribution >= 0.6 is 43.2 Å². The van der Waals surface area contributed by atoms with Crippen LogP contribution in [0.2, 0.25) is 0 Å². The van der Waals surface area contributed by atoms with Crippen LogP contribution in [0.1, 0.15) is 37.9 Å². The summed E-state index contributed by atoms with van der Waals surface area (Å²) in [6, 6.07) is 10.6. The molecule has 0 amide bonds. The molecule has 4 rings (SSSR count). The molecule has 2 aromatic carbocycles. The van der Waals surface area contributed by atoms with E-state index in [-0.39, 0.29) is 12.2 Å². The molecule has 10 heteroatoms. The van der Waals surface area contributed by atoms with Crippen molar-refractivity contribution in [3.63, 3.8) is 0 Å². The van der Waals surface area contributed by atoms with Crippen LogP contribution in [-0.2, 0) is 9.53 Å².